The molecule has 2 aromatic rings. The van der Waals surface area contributed by atoms with Gasteiger partial charge in [-0.3, -0.25) is 14.9 Å². The predicted octanol–water partition coefficient (Wildman–Crippen LogP) is 3.36. The summed E-state index contributed by atoms with van der Waals surface area (Å²) >= 11 is 5.94. The van der Waals surface area contributed by atoms with E-state index in [1.165, 1.54) is 6.07 Å². The third kappa shape index (κ3) is 4.49. The monoisotopic (exact) mass is 389 g/mol. The summed E-state index contributed by atoms with van der Waals surface area (Å²) in [5, 5.41) is 11.8. The van der Waals surface area contributed by atoms with E-state index in [9.17, 15) is 14.9 Å². The zero-order valence-electron chi connectivity index (χ0n) is 14.9. The maximum absolute atomic E-state index is 12.6. The van der Waals surface area contributed by atoms with Crippen LogP contribution >= 0.6 is 11.6 Å². The van der Waals surface area contributed by atoms with E-state index < -0.39 is 6.10 Å². The smallest absolute Gasteiger partial charge is 0.292 e. The molecule has 142 valence electrons. The van der Waals surface area contributed by atoms with Crippen LogP contribution < -0.4 is 9.64 Å². The molecule has 0 radical (unpaired) electrons. The van der Waals surface area contributed by atoms with Crippen LogP contribution in [0.15, 0.2) is 48.5 Å². The molecule has 1 aliphatic heterocycles. The van der Waals surface area contributed by atoms with Crippen LogP contribution in [-0.4, -0.2) is 48.0 Å². The Hall–Kier alpha value is -2.80. The number of piperazine rings is 1. The van der Waals surface area contributed by atoms with Crippen LogP contribution in [0.4, 0.5) is 11.4 Å². The summed E-state index contributed by atoms with van der Waals surface area (Å²) in [6, 6.07) is 13.6. The molecule has 2 aromatic carbocycles. The van der Waals surface area contributed by atoms with Gasteiger partial charge < -0.3 is 14.5 Å². The second kappa shape index (κ2) is 8.26. The number of nitrogens with zero attached hydrogens (tertiary/aromatic N) is 3. The average molecular weight is 390 g/mol. The Morgan fingerprint density at radius 1 is 1.15 bits per heavy atom. The second-order valence-corrected chi connectivity index (χ2v) is 6.71. The summed E-state index contributed by atoms with van der Waals surface area (Å²) in [5.74, 6) is 0.430. The first-order chi connectivity index (χ1) is 13.0. The minimum Gasteiger partial charge on any atom is -0.481 e. The molecule has 1 fully saturated rings. The number of nitro groups is 1. The summed E-state index contributed by atoms with van der Waals surface area (Å²) in [4.78, 5) is 27.1. The Bertz CT molecular complexity index is 837. The molecule has 0 aromatic heterocycles. The number of carbonyl (C=O) groups is 1. The van der Waals surface area contributed by atoms with Crippen molar-refractivity contribution in [1.29, 1.82) is 0 Å². The van der Waals surface area contributed by atoms with Crippen LogP contribution in [0.3, 0.4) is 0 Å². The average Bonchev–Trinajstić information content (AvgIpc) is 2.67. The van der Waals surface area contributed by atoms with Crippen LogP contribution in [0.1, 0.15) is 6.92 Å². The van der Waals surface area contributed by atoms with Crippen molar-refractivity contribution < 1.29 is 14.5 Å². The fourth-order valence-corrected chi connectivity index (χ4v) is 3.29. The molecule has 7 nitrogen and oxygen atoms in total. The van der Waals surface area contributed by atoms with Gasteiger partial charge in [0.15, 0.2) is 6.10 Å². The van der Waals surface area contributed by atoms with E-state index >= 15 is 0 Å². The van der Waals surface area contributed by atoms with Crippen molar-refractivity contribution in [1.82, 2.24) is 4.90 Å². The summed E-state index contributed by atoms with van der Waals surface area (Å²) < 4.78 is 5.69. The van der Waals surface area contributed by atoms with Gasteiger partial charge in [0.25, 0.3) is 11.6 Å². The van der Waals surface area contributed by atoms with E-state index in [0.29, 0.717) is 42.6 Å². The van der Waals surface area contributed by atoms with E-state index in [1.54, 1.807) is 54.3 Å². The largest absolute Gasteiger partial charge is 0.481 e. The highest BCUT2D eigenvalue weighted by Gasteiger charge is 2.28. The Balaban J connectivity index is 1.60. The number of ether oxygens (including phenoxy) is 1. The molecule has 1 saturated heterocycles. The molecular weight excluding hydrogens is 370 g/mol. The molecule has 0 N–H and O–H groups in total. The van der Waals surface area contributed by atoms with E-state index in [-0.39, 0.29) is 16.5 Å². The van der Waals surface area contributed by atoms with Crippen molar-refractivity contribution in [2.75, 3.05) is 31.1 Å². The van der Waals surface area contributed by atoms with Gasteiger partial charge in [-0.2, -0.15) is 0 Å². The zero-order valence-corrected chi connectivity index (χ0v) is 15.6. The van der Waals surface area contributed by atoms with Gasteiger partial charge >= 0.3 is 0 Å². The fourth-order valence-electron chi connectivity index (χ4n) is 3.11. The number of anilines is 1. The third-order valence-corrected chi connectivity index (χ3v) is 4.70. The van der Waals surface area contributed by atoms with Crippen molar-refractivity contribution in [2.45, 2.75) is 13.0 Å². The summed E-state index contributed by atoms with van der Waals surface area (Å²) in [6.45, 7) is 3.72. The second-order valence-electron chi connectivity index (χ2n) is 6.28. The topological polar surface area (TPSA) is 75.9 Å². The molecule has 1 aliphatic rings. The number of rotatable bonds is 5. The lowest BCUT2D eigenvalue weighted by molar-refractivity contribution is -0.384. The highest BCUT2D eigenvalue weighted by Crippen LogP contribution is 2.28. The minimum absolute atomic E-state index is 0.0786. The molecule has 0 aliphatic carbocycles. The summed E-state index contributed by atoms with van der Waals surface area (Å²) in [7, 11) is 0. The molecule has 1 unspecified atom stereocenters. The quantitative estimate of drug-likeness (QED) is 0.579. The van der Waals surface area contributed by atoms with Crippen molar-refractivity contribution in [3.05, 3.63) is 63.7 Å². The molecule has 0 saturated carbocycles. The Labute approximate surface area is 162 Å². The van der Waals surface area contributed by atoms with E-state index in [4.69, 9.17) is 16.3 Å². The third-order valence-electron chi connectivity index (χ3n) is 4.47. The number of nitro benzene ring substituents is 1. The first kappa shape index (κ1) is 19.0. The number of amides is 1. The van der Waals surface area contributed by atoms with Gasteiger partial charge in [-0.1, -0.05) is 29.8 Å². The van der Waals surface area contributed by atoms with Crippen molar-refractivity contribution in [2.24, 2.45) is 0 Å². The molecule has 1 atom stereocenters. The van der Waals surface area contributed by atoms with Gasteiger partial charge in [-0.25, -0.2) is 0 Å². The van der Waals surface area contributed by atoms with Crippen molar-refractivity contribution in [3.63, 3.8) is 0 Å². The first-order valence-electron chi connectivity index (χ1n) is 8.65. The van der Waals surface area contributed by atoms with E-state index in [1.807, 2.05) is 4.90 Å². The molecule has 8 heteroatoms. The molecule has 1 heterocycles. The normalized spacial score (nSPS) is 15.3. The number of hydrogen-bond acceptors (Lipinski definition) is 5. The zero-order chi connectivity index (χ0) is 19.4. The van der Waals surface area contributed by atoms with Gasteiger partial charge in [0.05, 0.1) is 4.92 Å². The first-order valence-corrected chi connectivity index (χ1v) is 9.03. The number of benzene rings is 2. The SMILES string of the molecule is CC(Oc1cccc(Cl)c1)C(=O)N1CCN(c2ccccc2[N+](=O)[O-])CC1. The van der Waals surface area contributed by atoms with Crippen LogP contribution in [-0.2, 0) is 4.79 Å². The Morgan fingerprint density at radius 2 is 1.85 bits per heavy atom. The molecule has 1 amide bonds. The van der Waals surface area contributed by atoms with Crippen molar-refractivity contribution in [3.8, 4) is 5.75 Å². The van der Waals surface area contributed by atoms with Gasteiger partial charge in [0.2, 0.25) is 0 Å². The number of carbonyl (C=O) groups excluding carboxylic acids is 1. The Morgan fingerprint density at radius 3 is 2.52 bits per heavy atom. The van der Waals surface area contributed by atoms with Crippen molar-refractivity contribution >= 4 is 28.9 Å². The van der Waals surface area contributed by atoms with Crippen LogP contribution in [0.5, 0.6) is 5.75 Å². The highest BCUT2D eigenvalue weighted by atomic mass is 35.5. The lowest BCUT2D eigenvalue weighted by Crippen LogP contribution is -2.52. The predicted molar refractivity (Wildman–Crippen MR) is 103 cm³/mol. The molecular formula is C19H20ClN3O4. The molecule has 3 rings (SSSR count). The van der Waals surface area contributed by atoms with Gasteiger partial charge in [0.1, 0.15) is 11.4 Å². The van der Waals surface area contributed by atoms with Crippen LogP contribution in [0.25, 0.3) is 0 Å². The number of hydrogen-bond donors (Lipinski definition) is 0. The van der Waals surface area contributed by atoms with Gasteiger partial charge in [-0.15, -0.1) is 0 Å². The highest BCUT2D eigenvalue weighted by molar-refractivity contribution is 6.30. The standard InChI is InChI=1S/C19H20ClN3O4/c1-14(27-16-6-4-5-15(20)13-16)19(24)22-11-9-21(10-12-22)17-7-2-3-8-18(17)23(25)26/h2-8,13-14H,9-12H2,1H3. The van der Waals surface area contributed by atoms with Crippen LogP contribution in [0.2, 0.25) is 5.02 Å². The molecule has 0 bridgehead atoms. The lowest BCUT2D eigenvalue weighted by Gasteiger charge is -2.36. The molecule has 27 heavy (non-hydrogen) atoms. The minimum atomic E-state index is -0.638. The Kier molecular flexibility index (Phi) is 5.81. The van der Waals surface area contributed by atoms with Crippen LogP contribution in [0, 0.1) is 10.1 Å². The van der Waals surface area contributed by atoms with Gasteiger partial charge in [-0.05, 0) is 31.2 Å². The van der Waals surface area contributed by atoms with E-state index in [0.717, 1.165) is 0 Å². The lowest BCUT2D eigenvalue weighted by atomic mass is 10.2. The summed E-state index contributed by atoms with van der Waals surface area (Å²) in [6.07, 6.45) is -0.638. The molecule has 0 spiro atoms. The number of para-hydroxylation sites is 2. The summed E-state index contributed by atoms with van der Waals surface area (Å²) in [5.41, 5.74) is 0.660. The maximum atomic E-state index is 12.6. The van der Waals surface area contributed by atoms with E-state index in [2.05, 4.69) is 0 Å². The number of halogens is 1. The van der Waals surface area contributed by atoms with Gasteiger partial charge in [0, 0.05) is 37.3 Å². The fraction of sp³-hybridized carbons (Fsp3) is 0.316. The maximum Gasteiger partial charge on any atom is 0.292 e.